The molecule has 1 saturated carbocycles. The van der Waals surface area contributed by atoms with Gasteiger partial charge in [-0.1, -0.05) is 12.1 Å². The number of hydrogen-bond acceptors (Lipinski definition) is 3. The highest BCUT2D eigenvalue weighted by molar-refractivity contribution is 5.96. The van der Waals surface area contributed by atoms with Crippen molar-refractivity contribution in [3.63, 3.8) is 0 Å². The molecule has 0 aliphatic heterocycles. The Labute approximate surface area is 122 Å². The van der Waals surface area contributed by atoms with E-state index in [4.69, 9.17) is 0 Å². The van der Waals surface area contributed by atoms with E-state index in [2.05, 4.69) is 5.32 Å². The molecule has 20 heavy (non-hydrogen) atoms. The minimum Gasteiger partial charge on any atom is -0.382 e. The molecule has 6 heteroatoms. The lowest BCUT2D eigenvalue weighted by atomic mass is 9.69. The standard InChI is InChI=1S/C14H17F2NO2.ClH/c1-13(19)7-4-8-14(17-2,12(13)18)9-5-3-6-10(15)11(9)16;/h3,5-6,17,19H,4,7-8H2,1-2H3;1H. The van der Waals surface area contributed by atoms with Crippen LogP contribution in [-0.2, 0) is 10.3 Å². The van der Waals surface area contributed by atoms with Gasteiger partial charge in [-0.25, -0.2) is 8.78 Å². The SMILES string of the molecule is CNC1(c2cccc(F)c2F)CCCC(C)(O)C1=O.Cl. The summed E-state index contributed by atoms with van der Waals surface area (Å²) in [4.78, 5) is 12.5. The molecular formula is C14H18ClF2NO2. The second-order valence-electron chi connectivity index (χ2n) is 5.21. The van der Waals surface area contributed by atoms with Crippen molar-refractivity contribution < 1.29 is 18.7 Å². The maximum atomic E-state index is 14.0. The zero-order valence-electron chi connectivity index (χ0n) is 11.4. The number of halogens is 3. The number of rotatable bonds is 2. The molecule has 3 nitrogen and oxygen atoms in total. The number of carbonyl (C=O) groups is 1. The predicted octanol–water partition coefficient (Wildman–Crippen LogP) is 2.31. The first kappa shape index (κ1) is 17.0. The number of carbonyl (C=O) groups excluding carboxylic acids is 1. The van der Waals surface area contributed by atoms with Gasteiger partial charge in [0.1, 0.15) is 11.1 Å². The van der Waals surface area contributed by atoms with Gasteiger partial charge in [0.2, 0.25) is 0 Å². The zero-order valence-corrected chi connectivity index (χ0v) is 12.2. The van der Waals surface area contributed by atoms with E-state index in [9.17, 15) is 18.7 Å². The molecule has 1 aliphatic rings. The van der Waals surface area contributed by atoms with Gasteiger partial charge in [0.15, 0.2) is 17.4 Å². The van der Waals surface area contributed by atoms with Crippen molar-refractivity contribution in [3.8, 4) is 0 Å². The van der Waals surface area contributed by atoms with Crippen LogP contribution in [0.4, 0.5) is 8.78 Å². The number of benzene rings is 1. The lowest BCUT2D eigenvalue weighted by Gasteiger charge is -2.42. The summed E-state index contributed by atoms with van der Waals surface area (Å²) in [6.07, 6.45) is 1.21. The predicted molar refractivity (Wildman–Crippen MR) is 73.8 cm³/mol. The Morgan fingerprint density at radius 3 is 2.55 bits per heavy atom. The molecule has 0 radical (unpaired) electrons. The van der Waals surface area contributed by atoms with Gasteiger partial charge in [-0.2, -0.15) is 0 Å². The Morgan fingerprint density at radius 1 is 1.30 bits per heavy atom. The summed E-state index contributed by atoms with van der Waals surface area (Å²) in [6, 6.07) is 3.76. The molecule has 1 aliphatic carbocycles. The average molecular weight is 306 g/mol. The fourth-order valence-electron chi connectivity index (χ4n) is 2.85. The third kappa shape index (κ3) is 2.45. The summed E-state index contributed by atoms with van der Waals surface area (Å²) >= 11 is 0. The molecule has 0 aromatic heterocycles. The van der Waals surface area contributed by atoms with Gasteiger partial charge in [-0.05, 0) is 39.3 Å². The molecule has 2 atom stereocenters. The van der Waals surface area contributed by atoms with Crippen molar-refractivity contribution in [2.45, 2.75) is 37.3 Å². The summed E-state index contributed by atoms with van der Waals surface area (Å²) in [5.41, 5.74) is -2.94. The monoisotopic (exact) mass is 305 g/mol. The Kier molecular flexibility index (Phi) is 4.90. The van der Waals surface area contributed by atoms with Gasteiger partial charge >= 0.3 is 0 Å². The molecule has 2 unspecified atom stereocenters. The first-order valence-corrected chi connectivity index (χ1v) is 6.26. The first-order chi connectivity index (χ1) is 8.85. The van der Waals surface area contributed by atoms with Gasteiger partial charge < -0.3 is 10.4 Å². The molecule has 1 fully saturated rings. The molecule has 0 heterocycles. The molecule has 2 rings (SSSR count). The van der Waals surface area contributed by atoms with Gasteiger partial charge in [0.05, 0.1) is 0 Å². The highest BCUT2D eigenvalue weighted by Gasteiger charge is 2.51. The lowest BCUT2D eigenvalue weighted by molar-refractivity contribution is -0.148. The van der Waals surface area contributed by atoms with Crippen LogP contribution >= 0.6 is 12.4 Å². The van der Waals surface area contributed by atoms with Gasteiger partial charge in [0.25, 0.3) is 0 Å². The number of ketones is 1. The third-order valence-corrected chi connectivity index (χ3v) is 3.93. The second kappa shape index (κ2) is 5.76. The number of nitrogens with one attached hydrogen (secondary N) is 1. The molecule has 0 bridgehead atoms. The van der Waals surface area contributed by atoms with E-state index in [1.165, 1.54) is 26.1 Å². The number of likely N-dealkylation sites (N-methyl/N-ethyl adjacent to an activating group) is 1. The highest BCUT2D eigenvalue weighted by Crippen LogP contribution is 2.40. The molecule has 0 saturated heterocycles. The number of aliphatic hydroxyl groups is 1. The van der Waals surface area contributed by atoms with Crippen molar-refractivity contribution >= 4 is 18.2 Å². The Hall–Kier alpha value is -1.04. The average Bonchev–Trinajstić information content (AvgIpc) is 2.37. The van der Waals surface area contributed by atoms with Crippen molar-refractivity contribution in [1.29, 1.82) is 0 Å². The molecule has 1 aromatic rings. The highest BCUT2D eigenvalue weighted by atomic mass is 35.5. The summed E-state index contributed by atoms with van der Waals surface area (Å²) in [5, 5.41) is 12.9. The van der Waals surface area contributed by atoms with Gasteiger partial charge in [0, 0.05) is 5.56 Å². The maximum absolute atomic E-state index is 14.0. The van der Waals surface area contributed by atoms with Crippen LogP contribution in [0.2, 0.25) is 0 Å². The molecule has 112 valence electrons. The largest absolute Gasteiger partial charge is 0.382 e. The van der Waals surface area contributed by atoms with Crippen molar-refractivity contribution in [2.75, 3.05) is 7.05 Å². The van der Waals surface area contributed by atoms with Crippen molar-refractivity contribution in [2.24, 2.45) is 0 Å². The topological polar surface area (TPSA) is 49.3 Å². The van der Waals surface area contributed by atoms with Gasteiger partial charge in [-0.3, -0.25) is 4.79 Å². The van der Waals surface area contributed by atoms with Crippen molar-refractivity contribution in [1.82, 2.24) is 5.32 Å². The van der Waals surface area contributed by atoms with Crippen LogP contribution in [0.1, 0.15) is 31.7 Å². The summed E-state index contributed by atoms with van der Waals surface area (Å²) in [6.45, 7) is 1.41. The van der Waals surface area contributed by atoms with E-state index < -0.39 is 28.6 Å². The van der Waals surface area contributed by atoms with E-state index in [0.29, 0.717) is 19.3 Å². The zero-order chi connectivity index (χ0) is 14.3. The molecule has 0 amide bonds. The Bertz CT molecular complexity index is 522. The minimum atomic E-state index is -1.53. The molecular weight excluding hydrogens is 288 g/mol. The Balaban J connectivity index is 0.00000200. The van der Waals surface area contributed by atoms with Crippen LogP contribution in [-0.4, -0.2) is 23.5 Å². The van der Waals surface area contributed by atoms with E-state index in [0.717, 1.165) is 6.07 Å². The number of hydrogen-bond donors (Lipinski definition) is 2. The van der Waals surface area contributed by atoms with Crippen molar-refractivity contribution in [3.05, 3.63) is 35.4 Å². The quantitative estimate of drug-likeness (QED) is 0.881. The Morgan fingerprint density at radius 2 is 1.95 bits per heavy atom. The van der Waals surface area contributed by atoms with Crippen LogP contribution in [0.3, 0.4) is 0 Å². The van der Waals surface area contributed by atoms with E-state index in [1.807, 2.05) is 0 Å². The van der Waals surface area contributed by atoms with E-state index in [-0.39, 0.29) is 18.0 Å². The van der Waals surface area contributed by atoms with Crippen LogP contribution in [0.5, 0.6) is 0 Å². The van der Waals surface area contributed by atoms with Crippen LogP contribution < -0.4 is 5.32 Å². The van der Waals surface area contributed by atoms with Crippen LogP contribution in [0.15, 0.2) is 18.2 Å². The smallest absolute Gasteiger partial charge is 0.188 e. The third-order valence-electron chi connectivity index (χ3n) is 3.93. The fraction of sp³-hybridized carbons (Fsp3) is 0.500. The molecule has 1 aromatic carbocycles. The first-order valence-electron chi connectivity index (χ1n) is 6.26. The van der Waals surface area contributed by atoms with Crippen LogP contribution in [0, 0.1) is 11.6 Å². The maximum Gasteiger partial charge on any atom is 0.188 e. The fourth-order valence-corrected chi connectivity index (χ4v) is 2.85. The minimum absolute atomic E-state index is 0. The summed E-state index contributed by atoms with van der Waals surface area (Å²) in [5.74, 6) is -2.55. The summed E-state index contributed by atoms with van der Waals surface area (Å²) < 4.78 is 27.4. The molecule has 2 N–H and O–H groups in total. The lowest BCUT2D eigenvalue weighted by Crippen LogP contribution is -2.59. The van der Waals surface area contributed by atoms with E-state index >= 15 is 0 Å². The normalized spacial score (nSPS) is 29.9. The second-order valence-corrected chi connectivity index (χ2v) is 5.21. The van der Waals surface area contributed by atoms with Gasteiger partial charge in [-0.15, -0.1) is 12.4 Å². The van der Waals surface area contributed by atoms with E-state index in [1.54, 1.807) is 0 Å². The number of Topliss-reactive ketones (excluding diaryl/α,β-unsaturated/α-hetero) is 1. The summed E-state index contributed by atoms with van der Waals surface area (Å²) in [7, 11) is 1.52. The molecule has 0 spiro atoms. The van der Waals surface area contributed by atoms with Crippen LogP contribution in [0.25, 0.3) is 0 Å².